The number of rotatable bonds is 6. The van der Waals surface area contributed by atoms with Crippen LogP contribution < -0.4 is 0 Å². The minimum Gasteiger partial charge on any atom is -0.300 e. The van der Waals surface area contributed by atoms with Gasteiger partial charge in [0.25, 0.3) is 0 Å². The van der Waals surface area contributed by atoms with Gasteiger partial charge in [-0.15, -0.1) is 0 Å². The maximum atomic E-state index is 11.0. The maximum Gasteiger partial charge on any atom is 0.210 e. The predicted molar refractivity (Wildman–Crippen MR) is 70.9 cm³/mol. The molecule has 1 aromatic rings. The van der Waals surface area contributed by atoms with E-state index in [0.29, 0.717) is 0 Å². The maximum absolute atomic E-state index is 11.0. The van der Waals surface area contributed by atoms with Crippen LogP contribution in [0.1, 0.15) is 24.5 Å². The van der Waals surface area contributed by atoms with Gasteiger partial charge in [-0.2, -0.15) is 0 Å². The van der Waals surface area contributed by atoms with Crippen molar-refractivity contribution in [2.75, 3.05) is 6.54 Å². The predicted octanol–water partition coefficient (Wildman–Crippen LogP) is 2.88. The van der Waals surface area contributed by atoms with Crippen molar-refractivity contribution in [2.24, 2.45) is 5.92 Å². The van der Waals surface area contributed by atoms with E-state index in [1.807, 2.05) is 37.3 Å². The molecular formula is C14H17NO3. The highest BCUT2D eigenvalue weighted by atomic mass is 16.6. The Kier molecular flexibility index (Phi) is 5.24. The van der Waals surface area contributed by atoms with Gasteiger partial charge < -0.3 is 4.79 Å². The number of aryl methyl sites for hydroxylation is 1. The Morgan fingerprint density at radius 2 is 2.00 bits per heavy atom. The molecule has 96 valence electrons. The Labute approximate surface area is 106 Å². The van der Waals surface area contributed by atoms with Crippen molar-refractivity contribution in [3.05, 3.63) is 51.6 Å². The molecule has 0 aliphatic heterocycles. The molecule has 0 bridgehead atoms. The largest absolute Gasteiger partial charge is 0.300 e. The molecule has 1 atom stereocenters. The summed E-state index contributed by atoms with van der Waals surface area (Å²) < 4.78 is 0. The summed E-state index contributed by atoms with van der Waals surface area (Å²) >= 11 is 0. The first-order valence-corrected chi connectivity index (χ1v) is 5.83. The minimum absolute atomic E-state index is 0.0320. The zero-order chi connectivity index (χ0) is 13.5. The van der Waals surface area contributed by atoms with Crippen LogP contribution >= 0.6 is 0 Å². The standard InChI is InChI=1S/C14H17NO3/c1-11-3-5-13(6-4-11)7-8-14(9-12(2)16)10-15(17)18/h3-8,14H,9-10H2,1-2H3/b8-7+/t14-/m1/s1. The van der Waals surface area contributed by atoms with Gasteiger partial charge in [-0.25, -0.2) is 0 Å². The fraction of sp³-hybridized carbons (Fsp3) is 0.357. The topological polar surface area (TPSA) is 60.2 Å². The van der Waals surface area contributed by atoms with E-state index in [9.17, 15) is 14.9 Å². The molecule has 1 rings (SSSR count). The molecule has 1 aromatic carbocycles. The zero-order valence-corrected chi connectivity index (χ0v) is 10.6. The van der Waals surface area contributed by atoms with Crippen LogP contribution in [0.5, 0.6) is 0 Å². The van der Waals surface area contributed by atoms with Crippen molar-refractivity contribution < 1.29 is 9.72 Å². The Hall–Kier alpha value is -1.97. The summed E-state index contributed by atoms with van der Waals surface area (Å²) in [6.45, 7) is 3.24. The minimum atomic E-state index is -0.382. The number of ketones is 1. The van der Waals surface area contributed by atoms with Gasteiger partial charge in [0.15, 0.2) is 0 Å². The van der Waals surface area contributed by atoms with E-state index in [0.717, 1.165) is 11.1 Å². The third-order valence-electron chi connectivity index (χ3n) is 2.57. The fourth-order valence-electron chi connectivity index (χ4n) is 1.68. The Morgan fingerprint density at radius 3 is 2.50 bits per heavy atom. The lowest BCUT2D eigenvalue weighted by Crippen LogP contribution is -2.14. The van der Waals surface area contributed by atoms with E-state index in [1.165, 1.54) is 6.92 Å². The summed E-state index contributed by atoms with van der Waals surface area (Å²) in [6, 6.07) is 7.85. The van der Waals surface area contributed by atoms with Gasteiger partial charge in [0.1, 0.15) is 5.78 Å². The normalized spacial score (nSPS) is 12.6. The van der Waals surface area contributed by atoms with E-state index in [4.69, 9.17) is 0 Å². The van der Waals surface area contributed by atoms with Gasteiger partial charge in [-0.05, 0) is 19.4 Å². The second kappa shape index (κ2) is 6.69. The average Bonchev–Trinajstić information content (AvgIpc) is 2.26. The van der Waals surface area contributed by atoms with E-state index in [2.05, 4.69) is 0 Å². The van der Waals surface area contributed by atoms with Gasteiger partial charge in [0, 0.05) is 17.3 Å². The van der Waals surface area contributed by atoms with Gasteiger partial charge in [0.05, 0.1) is 0 Å². The van der Waals surface area contributed by atoms with Crippen molar-refractivity contribution in [1.29, 1.82) is 0 Å². The van der Waals surface area contributed by atoms with Crippen LogP contribution in [0.4, 0.5) is 0 Å². The molecule has 0 radical (unpaired) electrons. The highest BCUT2D eigenvalue weighted by molar-refractivity contribution is 5.76. The van der Waals surface area contributed by atoms with Crippen LogP contribution in [0.3, 0.4) is 0 Å². The number of Topliss-reactive ketones (excluding diaryl/α,β-unsaturated/α-hetero) is 1. The number of hydrogen-bond acceptors (Lipinski definition) is 3. The first-order chi connectivity index (χ1) is 8.47. The highest BCUT2D eigenvalue weighted by Gasteiger charge is 2.14. The zero-order valence-electron chi connectivity index (χ0n) is 10.6. The first kappa shape index (κ1) is 14.1. The van der Waals surface area contributed by atoms with Crippen molar-refractivity contribution in [2.45, 2.75) is 20.3 Å². The van der Waals surface area contributed by atoms with Gasteiger partial charge >= 0.3 is 0 Å². The van der Waals surface area contributed by atoms with Crippen LogP contribution in [-0.4, -0.2) is 17.3 Å². The summed E-state index contributed by atoms with van der Waals surface area (Å²) in [5.74, 6) is -0.366. The molecule has 0 amide bonds. The van der Waals surface area contributed by atoms with Crippen molar-refractivity contribution in [3.8, 4) is 0 Å². The van der Waals surface area contributed by atoms with Crippen LogP contribution in [0.25, 0.3) is 6.08 Å². The van der Waals surface area contributed by atoms with E-state index in [1.54, 1.807) is 6.08 Å². The highest BCUT2D eigenvalue weighted by Crippen LogP contribution is 2.11. The monoisotopic (exact) mass is 247 g/mol. The van der Waals surface area contributed by atoms with E-state index in [-0.39, 0.29) is 29.6 Å². The lowest BCUT2D eigenvalue weighted by atomic mass is 10.0. The van der Waals surface area contributed by atoms with Crippen molar-refractivity contribution in [1.82, 2.24) is 0 Å². The molecule has 18 heavy (non-hydrogen) atoms. The van der Waals surface area contributed by atoms with Crippen LogP contribution in [-0.2, 0) is 4.79 Å². The number of benzene rings is 1. The number of carbonyl (C=O) groups excluding carboxylic acids is 1. The second-order valence-corrected chi connectivity index (χ2v) is 4.45. The summed E-state index contributed by atoms with van der Waals surface area (Å²) in [6.07, 6.45) is 3.79. The van der Waals surface area contributed by atoms with E-state index < -0.39 is 0 Å². The van der Waals surface area contributed by atoms with Gasteiger partial charge in [-0.1, -0.05) is 42.0 Å². The molecule has 0 spiro atoms. The van der Waals surface area contributed by atoms with Crippen molar-refractivity contribution >= 4 is 11.9 Å². The third-order valence-corrected chi connectivity index (χ3v) is 2.57. The summed E-state index contributed by atoms with van der Waals surface area (Å²) in [5.41, 5.74) is 2.15. The number of carbonyl (C=O) groups is 1. The summed E-state index contributed by atoms with van der Waals surface area (Å²) in [7, 11) is 0. The number of hydrogen-bond donors (Lipinski definition) is 0. The summed E-state index contributed by atoms with van der Waals surface area (Å²) in [4.78, 5) is 21.2. The van der Waals surface area contributed by atoms with Gasteiger partial charge in [0.2, 0.25) is 6.54 Å². The lowest BCUT2D eigenvalue weighted by molar-refractivity contribution is -0.485. The molecule has 0 saturated carbocycles. The molecular weight excluding hydrogens is 230 g/mol. The quantitative estimate of drug-likeness (QED) is 0.573. The smallest absolute Gasteiger partial charge is 0.210 e. The second-order valence-electron chi connectivity index (χ2n) is 4.45. The van der Waals surface area contributed by atoms with Crippen LogP contribution in [0.2, 0.25) is 0 Å². The van der Waals surface area contributed by atoms with Crippen molar-refractivity contribution in [3.63, 3.8) is 0 Å². The number of nitrogens with zero attached hydrogens (tertiary/aromatic N) is 1. The fourth-order valence-corrected chi connectivity index (χ4v) is 1.68. The average molecular weight is 247 g/mol. The molecule has 0 fully saturated rings. The lowest BCUT2D eigenvalue weighted by Gasteiger charge is -2.05. The molecule has 0 aromatic heterocycles. The molecule has 0 aliphatic rings. The molecule has 0 heterocycles. The Bertz CT molecular complexity index is 433. The third kappa shape index (κ3) is 5.39. The Morgan fingerprint density at radius 1 is 1.39 bits per heavy atom. The summed E-state index contributed by atoms with van der Waals surface area (Å²) in [5, 5.41) is 10.5. The molecule has 4 heteroatoms. The van der Waals surface area contributed by atoms with Crippen LogP contribution in [0.15, 0.2) is 30.3 Å². The molecule has 0 aliphatic carbocycles. The first-order valence-electron chi connectivity index (χ1n) is 5.83. The molecule has 0 N–H and O–H groups in total. The molecule has 0 saturated heterocycles. The van der Waals surface area contributed by atoms with Gasteiger partial charge in [-0.3, -0.25) is 10.1 Å². The van der Waals surface area contributed by atoms with Crippen LogP contribution in [0, 0.1) is 23.0 Å². The van der Waals surface area contributed by atoms with E-state index >= 15 is 0 Å². The molecule has 4 nitrogen and oxygen atoms in total. The molecule has 0 unspecified atom stereocenters. The number of nitro groups is 1. The SMILES string of the molecule is CC(=O)C[C@@H](/C=C/c1ccc(C)cc1)C[N+](=O)[O-]. The Balaban J connectivity index is 2.72.